The first-order valence-electron chi connectivity index (χ1n) is 9.87. The van der Waals surface area contributed by atoms with Crippen molar-refractivity contribution in [1.82, 2.24) is 4.31 Å². The maximum absolute atomic E-state index is 13.0. The molecule has 1 fully saturated rings. The zero-order chi connectivity index (χ0) is 22.1. The second-order valence-electron chi connectivity index (χ2n) is 7.95. The maximum Gasteiger partial charge on any atom is 0.228 e. The average Bonchev–Trinajstić information content (AvgIpc) is 2.67. The van der Waals surface area contributed by atoms with E-state index in [1.54, 1.807) is 12.1 Å². The zero-order valence-corrected chi connectivity index (χ0v) is 19.7. The Morgan fingerprint density at radius 2 is 1.80 bits per heavy atom. The molecule has 1 amide bonds. The minimum absolute atomic E-state index is 0.144. The maximum atomic E-state index is 13.0. The Hall–Kier alpha value is -1.60. The summed E-state index contributed by atoms with van der Waals surface area (Å²) >= 11 is 12.1. The molecule has 1 aliphatic heterocycles. The number of carbonyl (C=O) groups excluding carboxylic acids is 1. The predicted octanol–water partition coefficient (Wildman–Crippen LogP) is 5.10. The number of nitrogens with zero attached hydrogens (tertiary/aromatic N) is 1. The van der Waals surface area contributed by atoms with Crippen molar-refractivity contribution in [3.63, 3.8) is 0 Å². The first-order chi connectivity index (χ1) is 14.1. The van der Waals surface area contributed by atoms with Crippen molar-refractivity contribution in [3.8, 4) is 0 Å². The molecule has 1 unspecified atom stereocenters. The molecule has 0 bridgehead atoms. The number of piperidine rings is 1. The van der Waals surface area contributed by atoms with Crippen molar-refractivity contribution in [3.05, 3.63) is 62.6 Å². The van der Waals surface area contributed by atoms with Crippen LogP contribution in [0.25, 0.3) is 0 Å². The highest BCUT2D eigenvalue weighted by molar-refractivity contribution is 7.88. The summed E-state index contributed by atoms with van der Waals surface area (Å²) in [7, 11) is -3.61. The molecule has 1 aliphatic rings. The summed E-state index contributed by atoms with van der Waals surface area (Å²) in [5.41, 5.74) is 4.44. The summed E-state index contributed by atoms with van der Waals surface area (Å²) in [6, 6.07) is 8.83. The Labute approximate surface area is 188 Å². The summed E-state index contributed by atoms with van der Waals surface area (Å²) in [4.78, 5) is 12.9. The van der Waals surface area contributed by atoms with Crippen LogP contribution in [0.4, 0.5) is 5.69 Å². The number of rotatable bonds is 5. The van der Waals surface area contributed by atoms with Crippen LogP contribution in [0.5, 0.6) is 0 Å². The van der Waals surface area contributed by atoms with Crippen molar-refractivity contribution in [2.45, 2.75) is 39.4 Å². The number of hydrogen-bond donors (Lipinski definition) is 1. The molecular weight excluding hydrogens is 443 g/mol. The Balaban J connectivity index is 1.72. The van der Waals surface area contributed by atoms with Gasteiger partial charge in [-0.3, -0.25) is 4.79 Å². The van der Waals surface area contributed by atoms with Crippen LogP contribution in [0.2, 0.25) is 10.0 Å². The van der Waals surface area contributed by atoms with Gasteiger partial charge >= 0.3 is 0 Å². The number of sulfonamides is 1. The van der Waals surface area contributed by atoms with Crippen LogP contribution < -0.4 is 5.32 Å². The molecule has 2 aromatic rings. The van der Waals surface area contributed by atoms with Gasteiger partial charge in [0, 0.05) is 28.8 Å². The molecule has 162 valence electrons. The topological polar surface area (TPSA) is 66.5 Å². The van der Waals surface area contributed by atoms with E-state index >= 15 is 0 Å². The van der Waals surface area contributed by atoms with E-state index in [0.29, 0.717) is 35.0 Å². The normalized spacial score (nSPS) is 17.7. The van der Waals surface area contributed by atoms with Crippen LogP contribution in [0.15, 0.2) is 30.3 Å². The van der Waals surface area contributed by atoms with Gasteiger partial charge in [0.1, 0.15) is 0 Å². The summed E-state index contributed by atoms with van der Waals surface area (Å²) in [5, 5.41) is 3.79. The molecule has 0 spiro atoms. The smallest absolute Gasteiger partial charge is 0.228 e. The second-order valence-corrected chi connectivity index (χ2v) is 10.8. The Bertz CT molecular complexity index is 1050. The Kier molecular flexibility index (Phi) is 7.13. The molecule has 8 heteroatoms. The zero-order valence-electron chi connectivity index (χ0n) is 17.3. The van der Waals surface area contributed by atoms with Gasteiger partial charge in [0.05, 0.1) is 11.7 Å². The van der Waals surface area contributed by atoms with Gasteiger partial charge in [-0.2, -0.15) is 0 Å². The number of amides is 1. The highest BCUT2D eigenvalue weighted by Gasteiger charge is 2.33. The fourth-order valence-electron chi connectivity index (χ4n) is 3.94. The van der Waals surface area contributed by atoms with Crippen LogP contribution in [0.3, 0.4) is 0 Å². The number of aryl methyl sites for hydroxylation is 3. The Morgan fingerprint density at radius 3 is 2.43 bits per heavy atom. The molecule has 0 aromatic heterocycles. The summed E-state index contributed by atoms with van der Waals surface area (Å²) in [6.07, 6.45) is 1.29. The lowest BCUT2D eigenvalue weighted by Gasteiger charge is -2.31. The molecule has 1 atom stereocenters. The molecule has 30 heavy (non-hydrogen) atoms. The van der Waals surface area contributed by atoms with E-state index in [-0.39, 0.29) is 18.2 Å². The van der Waals surface area contributed by atoms with Crippen LogP contribution in [0.1, 0.15) is 35.1 Å². The van der Waals surface area contributed by atoms with Crippen LogP contribution in [-0.4, -0.2) is 31.7 Å². The largest absolute Gasteiger partial charge is 0.325 e. The van der Waals surface area contributed by atoms with Crippen molar-refractivity contribution in [2.24, 2.45) is 5.92 Å². The van der Waals surface area contributed by atoms with Gasteiger partial charge in [-0.1, -0.05) is 47.0 Å². The monoisotopic (exact) mass is 468 g/mol. The molecular formula is C22H26Cl2N2O3S. The van der Waals surface area contributed by atoms with Crippen molar-refractivity contribution in [1.29, 1.82) is 0 Å². The summed E-state index contributed by atoms with van der Waals surface area (Å²) < 4.78 is 27.3. The lowest BCUT2D eigenvalue weighted by molar-refractivity contribution is -0.120. The molecule has 1 heterocycles. The lowest BCUT2D eigenvalue weighted by Crippen LogP contribution is -2.44. The highest BCUT2D eigenvalue weighted by Crippen LogP contribution is 2.28. The van der Waals surface area contributed by atoms with Crippen LogP contribution >= 0.6 is 23.2 Å². The third-order valence-electron chi connectivity index (χ3n) is 5.43. The fourth-order valence-corrected chi connectivity index (χ4v) is 6.13. The number of benzene rings is 2. The third-order valence-corrected chi connectivity index (χ3v) is 7.81. The molecule has 2 aromatic carbocycles. The van der Waals surface area contributed by atoms with E-state index in [0.717, 1.165) is 22.4 Å². The fraction of sp³-hybridized carbons (Fsp3) is 0.409. The van der Waals surface area contributed by atoms with E-state index in [9.17, 15) is 13.2 Å². The minimum atomic E-state index is -3.61. The van der Waals surface area contributed by atoms with Crippen molar-refractivity contribution in [2.75, 3.05) is 18.4 Å². The third kappa shape index (κ3) is 5.35. The first-order valence-corrected chi connectivity index (χ1v) is 12.2. The summed E-state index contributed by atoms with van der Waals surface area (Å²) in [5.74, 6) is -0.753. The molecule has 0 aliphatic carbocycles. The number of nitrogens with one attached hydrogen (secondary N) is 1. The standard InChI is InChI=1S/C22H26Cl2N2O3S/c1-14-9-15(2)21(16(3)10-14)25-22(27)17-5-4-8-26(12-17)30(28,29)13-18-6-7-19(23)11-20(18)24/h6-7,9-11,17H,4-5,8,12-13H2,1-3H3,(H,25,27). The first kappa shape index (κ1) is 23.1. The lowest BCUT2D eigenvalue weighted by atomic mass is 9.98. The molecule has 1 N–H and O–H groups in total. The van der Waals surface area contributed by atoms with Gasteiger partial charge in [-0.25, -0.2) is 12.7 Å². The SMILES string of the molecule is Cc1cc(C)c(NC(=O)C2CCCN(S(=O)(=O)Cc3ccc(Cl)cc3Cl)C2)c(C)c1. The average molecular weight is 469 g/mol. The molecule has 3 rings (SSSR count). The van der Waals surface area contributed by atoms with Gasteiger partial charge in [-0.05, 0) is 62.4 Å². The van der Waals surface area contributed by atoms with Gasteiger partial charge in [0.15, 0.2) is 0 Å². The van der Waals surface area contributed by atoms with E-state index in [2.05, 4.69) is 5.32 Å². The number of hydrogen-bond acceptors (Lipinski definition) is 3. The molecule has 0 saturated carbocycles. The van der Waals surface area contributed by atoms with Gasteiger partial charge in [0.2, 0.25) is 15.9 Å². The van der Waals surface area contributed by atoms with Crippen molar-refractivity contribution < 1.29 is 13.2 Å². The van der Waals surface area contributed by atoms with Gasteiger partial charge in [0.25, 0.3) is 0 Å². The second kappa shape index (κ2) is 9.27. The summed E-state index contributed by atoms with van der Waals surface area (Å²) in [6.45, 7) is 6.51. The minimum Gasteiger partial charge on any atom is -0.325 e. The van der Waals surface area contributed by atoms with E-state index in [1.807, 2.05) is 32.9 Å². The van der Waals surface area contributed by atoms with Gasteiger partial charge in [-0.15, -0.1) is 0 Å². The van der Waals surface area contributed by atoms with E-state index in [1.165, 1.54) is 10.4 Å². The highest BCUT2D eigenvalue weighted by atomic mass is 35.5. The molecule has 5 nitrogen and oxygen atoms in total. The molecule has 1 saturated heterocycles. The molecule has 0 radical (unpaired) electrons. The number of halogens is 2. The van der Waals surface area contributed by atoms with Gasteiger partial charge < -0.3 is 5.32 Å². The number of carbonyl (C=O) groups is 1. The Morgan fingerprint density at radius 1 is 1.13 bits per heavy atom. The van der Waals surface area contributed by atoms with Crippen LogP contribution in [0, 0.1) is 26.7 Å². The predicted molar refractivity (Wildman–Crippen MR) is 123 cm³/mol. The van der Waals surface area contributed by atoms with Crippen LogP contribution in [-0.2, 0) is 20.6 Å². The van der Waals surface area contributed by atoms with E-state index < -0.39 is 15.9 Å². The number of anilines is 1. The van der Waals surface area contributed by atoms with E-state index in [4.69, 9.17) is 23.2 Å². The van der Waals surface area contributed by atoms with Crippen molar-refractivity contribution >= 4 is 44.8 Å². The quantitative estimate of drug-likeness (QED) is 0.663.